The summed E-state index contributed by atoms with van der Waals surface area (Å²) in [6, 6.07) is 13.1. The predicted molar refractivity (Wildman–Crippen MR) is 243 cm³/mol. The highest BCUT2D eigenvalue weighted by Crippen LogP contribution is 2.15. The van der Waals surface area contributed by atoms with Gasteiger partial charge in [-0.25, -0.2) is 19.2 Å². The number of benzene rings is 3. The van der Waals surface area contributed by atoms with E-state index in [9.17, 15) is 68.4 Å². The van der Waals surface area contributed by atoms with Crippen LogP contribution in [0.2, 0.25) is 0 Å². The summed E-state index contributed by atoms with van der Waals surface area (Å²) in [6.45, 7) is -0.471. The molecule has 22 nitrogen and oxygen atoms in total. The number of aliphatic carboxylic acids is 5. The summed E-state index contributed by atoms with van der Waals surface area (Å²) in [4.78, 5) is 122. The number of hydrogen-bond acceptors (Lipinski definition) is 11. The molecule has 0 saturated carbocycles. The highest BCUT2D eigenvalue weighted by molar-refractivity contribution is 14.1. The average Bonchev–Trinajstić information content (AvgIpc) is 3.27. The lowest BCUT2D eigenvalue weighted by Gasteiger charge is -2.21. The van der Waals surface area contributed by atoms with Crippen LogP contribution < -0.4 is 36.6 Å². The van der Waals surface area contributed by atoms with Crippen LogP contribution in [0, 0.1) is 3.57 Å². The third-order valence-corrected chi connectivity index (χ3v) is 10.4. The second kappa shape index (κ2) is 27.9. The normalized spacial score (nSPS) is 12.9. The lowest BCUT2D eigenvalue weighted by atomic mass is 10.0. The Labute approximate surface area is 396 Å². The molecule has 0 saturated heterocycles. The number of nitrogens with one attached hydrogen (secondary N) is 6. The summed E-state index contributed by atoms with van der Waals surface area (Å²) in [7, 11) is 0. The van der Waals surface area contributed by atoms with Crippen molar-refractivity contribution in [1.82, 2.24) is 31.9 Å². The van der Waals surface area contributed by atoms with E-state index in [1.165, 1.54) is 36.4 Å². The van der Waals surface area contributed by atoms with E-state index >= 15 is 0 Å². The molecule has 0 aromatic heterocycles. The Balaban J connectivity index is 1.54. The number of carboxylic acids is 5. The molecule has 11 N–H and O–H groups in total. The van der Waals surface area contributed by atoms with Crippen LogP contribution >= 0.6 is 22.6 Å². The summed E-state index contributed by atoms with van der Waals surface area (Å²) in [5.41, 5.74) is 1.38. The predicted octanol–water partition coefficient (Wildman–Crippen LogP) is 1.53. The van der Waals surface area contributed by atoms with Crippen molar-refractivity contribution in [2.45, 2.75) is 88.0 Å². The Kier molecular flexibility index (Phi) is 22.5. The van der Waals surface area contributed by atoms with E-state index in [-0.39, 0.29) is 56.4 Å². The minimum absolute atomic E-state index is 0.0553. The number of halogens is 1. The molecule has 5 atom stereocenters. The highest BCUT2D eigenvalue weighted by atomic mass is 125. The largest absolute Gasteiger partial charge is 0.484 e. The van der Waals surface area contributed by atoms with E-state index in [0.29, 0.717) is 5.56 Å². The van der Waals surface area contributed by atoms with E-state index in [1.54, 1.807) is 42.5 Å². The number of urea groups is 1. The molecule has 6 amide bonds. The maximum Gasteiger partial charge on any atom is 0.326 e. The number of carbonyl (C=O) groups is 10. The molecule has 3 aromatic carbocycles. The number of carbonyl (C=O) groups excluding carboxylic acids is 5. The molecule has 360 valence electrons. The van der Waals surface area contributed by atoms with Gasteiger partial charge in [-0.1, -0.05) is 42.5 Å². The van der Waals surface area contributed by atoms with E-state index in [0.717, 1.165) is 9.13 Å². The molecule has 23 heteroatoms. The zero-order chi connectivity index (χ0) is 49.5. The summed E-state index contributed by atoms with van der Waals surface area (Å²) < 4.78 is 6.47. The topological polar surface area (TPSA) is 353 Å². The van der Waals surface area contributed by atoms with Crippen molar-refractivity contribution in [2.24, 2.45) is 0 Å². The van der Waals surface area contributed by atoms with Gasteiger partial charge >= 0.3 is 35.9 Å². The van der Waals surface area contributed by atoms with Gasteiger partial charge in [-0.15, -0.1) is 0 Å². The molecule has 0 unspecified atom stereocenters. The van der Waals surface area contributed by atoms with Crippen LogP contribution in [-0.4, -0.2) is 128 Å². The molecular formula is C44H51IN6O16. The van der Waals surface area contributed by atoms with Crippen molar-refractivity contribution in [2.75, 3.05) is 13.2 Å². The average molecular weight is 1040 g/mol. The van der Waals surface area contributed by atoms with Gasteiger partial charge < -0.3 is 62.2 Å². The Bertz CT molecular complexity index is 2210. The Morgan fingerprint density at radius 2 is 1.06 bits per heavy atom. The summed E-state index contributed by atoms with van der Waals surface area (Å²) in [6.07, 6.45) is -1.52. The quantitative estimate of drug-likeness (QED) is 0.0347. The Hall–Kier alpha value is -7.31. The molecule has 0 heterocycles. The van der Waals surface area contributed by atoms with E-state index in [4.69, 9.17) is 9.84 Å². The van der Waals surface area contributed by atoms with Gasteiger partial charge in [0.15, 0.2) is 6.61 Å². The fourth-order valence-electron chi connectivity index (χ4n) is 6.20. The van der Waals surface area contributed by atoms with Gasteiger partial charge in [-0.05, 0) is 102 Å². The zero-order valence-corrected chi connectivity index (χ0v) is 37.9. The van der Waals surface area contributed by atoms with Crippen LogP contribution in [-0.2, 0) is 51.2 Å². The van der Waals surface area contributed by atoms with E-state index in [2.05, 4.69) is 26.6 Å². The van der Waals surface area contributed by atoms with Crippen molar-refractivity contribution in [3.63, 3.8) is 0 Å². The second-order valence-corrected chi connectivity index (χ2v) is 16.2. The van der Waals surface area contributed by atoms with Gasteiger partial charge in [0.2, 0.25) is 11.8 Å². The first-order valence-electron chi connectivity index (χ1n) is 20.7. The summed E-state index contributed by atoms with van der Waals surface area (Å²) >= 11 is 2.05. The highest BCUT2D eigenvalue weighted by Gasteiger charge is 2.29. The molecule has 3 rings (SSSR count). The van der Waals surface area contributed by atoms with Crippen LogP contribution in [0.3, 0.4) is 0 Å². The zero-order valence-electron chi connectivity index (χ0n) is 35.8. The monoisotopic (exact) mass is 1040 g/mol. The molecule has 3 aromatic rings. The molecule has 0 aliphatic heterocycles. The standard InChI is InChI=1S/C44H51IN6O16/c45-28-13-11-27(12-14-28)38(57)48-30(17-19-36(53)54)40(59)49-34(43(64)65)23-26-9-15-29(16-10-26)67-24-35(52)47-33(22-25-6-2-1-3-7-25)39(58)46-21-5-4-8-31(41(60)61)50-44(66)51-32(42(62)63)18-20-37(55)56/h1-3,6-7,9-16,30-34H,4-5,8,17-24H2,(H,46,58)(H,47,52)(H,48,57)(H,49,59)(H,53,54)(H,55,56)(H,60,61)(H,62,63)(H,64,65)(H2,50,51,66)/t30-,31-,32-,33-,34-/m0/s1/i45-2. The molecule has 0 bridgehead atoms. The first kappa shape index (κ1) is 54.0. The SMILES string of the molecule is O=C(O)CC[C@H](NC(=O)N[C@@H](CCCCNC(=O)[C@H](Cc1ccccc1)NC(=O)COc1ccc(C[C@H](NC(=O)[C@H](CCC(=O)O)NC(=O)c2ccc([125I])cc2)C(=O)O)cc1)C(=O)O)C(=O)O. The molecule has 0 aliphatic carbocycles. The van der Waals surface area contributed by atoms with Crippen LogP contribution in [0.5, 0.6) is 5.75 Å². The Morgan fingerprint density at radius 3 is 1.63 bits per heavy atom. The summed E-state index contributed by atoms with van der Waals surface area (Å²) in [5, 5.41) is 61.1. The minimum atomic E-state index is -1.56. The number of rotatable bonds is 29. The molecular weight excluding hydrogens is 993 g/mol. The van der Waals surface area contributed by atoms with Gasteiger partial charge in [0.1, 0.15) is 36.0 Å². The van der Waals surface area contributed by atoms with Gasteiger partial charge in [0, 0.05) is 41.4 Å². The third kappa shape index (κ3) is 20.6. The minimum Gasteiger partial charge on any atom is -0.484 e. The lowest BCUT2D eigenvalue weighted by molar-refractivity contribution is -0.142. The van der Waals surface area contributed by atoms with Gasteiger partial charge in [0.25, 0.3) is 11.8 Å². The molecule has 67 heavy (non-hydrogen) atoms. The molecule has 0 spiro atoms. The third-order valence-electron chi connectivity index (χ3n) is 9.73. The molecule has 0 radical (unpaired) electrons. The number of ether oxygens (including phenoxy) is 1. The maximum atomic E-state index is 13.3. The summed E-state index contributed by atoms with van der Waals surface area (Å²) in [5.74, 6) is -9.36. The fraction of sp³-hybridized carbons (Fsp3) is 0.364. The van der Waals surface area contributed by atoms with Gasteiger partial charge in [0.05, 0.1) is 0 Å². The maximum absolute atomic E-state index is 13.3. The fourth-order valence-corrected chi connectivity index (χ4v) is 6.56. The second-order valence-electron chi connectivity index (χ2n) is 14.9. The number of unbranched alkanes of at least 4 members (excludes halogenated alkanes) is 1. The Morgan fingerprint density at radius 1 is 0.522 bits per heavy atom. The van der Waals surface area contributed by atoms with Gasteiger partial charge in [-0.2, -0.15) is 0 Å². The van der Waals surface area contributed by atoms with Crippen LogP contribution in [0.4, 0.5) is 4.79 Å². The number of hydrogen-bond donors (Lipinski definition) is 11. The molecule has 0 aliphatic rings. The van der Waals surface area contributed by atoms with Crippen molar-refractivity contribution in [1.29, 1.82) is 0 Å². The van der Waals surface area contributed by atoms with E-state index < -0.39 is 116 Å². The molecule has 0 fully saturated rings. The van der Waals surface area contributed by atoms with E-state index in [1.807, 2.05) is 27.9 Å². The van der Waals surface area contributed by atoms with Crippen LogP contribution in [0.25, 0.3) is 0 Å². The first-order valence-corrected chi connectivity index (χ1v) is 21.8. The smallest absolute Gasteiger partial charge is 0.326 e. The van der Waals surface area contributed by atoms with Crippen molar-refractivity contribution < 1.29 is 78.2 Å². The van der Waals surface area contributed by atoms with Crippen LogP contribution in [0.15, 0.2) is 78.9 Å². The van der Waals surface area contributed by atoms with Crippen LogP contribution in [0.1, 0.15) is 66.4 Å². The van der Waals surface area contributed by atoms with Crippen molar-refractivity contribution in [3.05, 3.63) is 99.1 Å². The van der Waals surface area contributed by atoms with Crippen molar-refractivity contribution in [3.8, 4) is 5.75 Å². The first-order chi connectivity index (χ1) is 31.8. The lowest BCUT2D eigenvalue weighted by Crippen LogP contribution is -2.52. The number of carboxylic acid groups (broad SMARTS) is 5. The van der Waals surface area contributed by atoms with Gasteiger partial charge in [-0.3, -0.25) is 28.8 Å². The van der Waals surface area contributed by atoms with Crippen molar-refractivity contribution >= 4 is 82.1 Å². The number of amides is 6.